The van der Waals surface area contributed by atoms with Crippen LogP contribution in [0.2, 0.25) is 0 Å². The van der Waals surface area contributed by atoms with Crippen molar-refractivity contribution >= 4 is 28.7 Å². The molecular formula is C29H31N5O3. The number of hydrogen-bond donors (Lipinski definition) is 2. The van der Waals surface area contributed by atoms with Gasteiger partial charge in [0.2, 0.25) is 0 Å². The highest BCUT2D eigenvalue weighted by Crippen LogP contribution is 2.35. The highest BCUT2D eigenvalue weighted by atomic mass is 16.5. The number of hydrogen-bond acceptors (Lipinski definition) is 7. The smallest absolute Gasteiger partial charge is 0.162 e. The van der Waals surface area contributed by atoms with Crippen LogP contribution in [0.25, 0.3) is 10.9 Å². The number of aldehydes is 1. The lowest BCUT2D eigenvalue weighted by Gasteiger charge is -2.14. The summed E-state index contributed by atoms with van der Waals surface area (Å²) in [5.41, 5.74) is 3.38. The van der Waals surface area contributed by atoms with Gasteiger partial charge < -0.3 is 24.6 Å². The van der Waals surface area contributed by atoms with Gasteiger partial charge in [-0.2, -0.15) is 0 Å². The molecule has 4 rings (SSSR count). The van der Waals surface area contributed by atoms with Crippen molar-refractivity contribution < 1.29 is 14.3 Å². The van der Waals surface area contributed by atoms with Gasteiger partial charge in [0.1, 0.15) is 24.3 Å². The number of nitrogens with one attached hydrogen (secondary N) is 2. The Morgan fingerprint density at radius 2 is 1.95 bits per heavy atom. The number of rotatable bonds is 14. The van der Waals surface area contributed by atoms with Gasteiger partial charge in [-0.15, -0.1) is 6.42 Å². The molecule has 0 bridgehead atoms. The predicted octanol–water partition coefficient (Wildman–Crippen LogP) is 5.40. The molecule has 0 aliphatic carbocycles. The number of carbonyl (C=O) groups excluding carboxylic acids is 1. The largest absolute Gasteiger partial charge is 0.493 e. The van der Waals surface area contributed by atoms with E-state index in [2.05, 4.69) is 31.2 Å². The fourth-order valence-electron chi connectivity index (χ4n) is 4.06. The minimum absolute atomic E-state index is 0.454. The van der Waals surface area contributed by atoms with E-state index in [0.717, 1.165) is 72.1 Å². The Bertz CT molecular complexity index is 1380. The van der Waals surface area contributed by atoms with Gasteiger partial charge in [-0.25, -0.2) is 15.0 Å². The number of benzene rings is 2. The van der Waals surface area contributed by atoms with Crippen molar-refractivity contribution in [2.75, 3.05) is 19.0 Å². The van der Waals surface area contributed by atoms with Crippen LogP contribution in [-0.2, 0) is 17.6 Å². The normalized spacial score (nSPS) is 10.7. The zero-order valence-electron chi connectivity index (χ0n) is 21.0. The zero-order valence-corrected chi connectivity index (χ0v) is 21.0. The lowest BCUT2D eigenvalue weighted by atomic mass is 10.1. The first-order valence-electron chi connectivity index (χ1n) is 12.5. The number of aryl methyl sites for hydroxylation is 1. The lowest BCUT2D eigenvalue weighted by Crippen LogP contribution is -2.04. The number of imidazole rings is 1. The second-order valence-electron chi connectivity index (χ2n) is 8.67. The summed E-state index contributed by atoms with van der Waals surface area (Å²) in [6.45, 7) is 0.454. The number of unbranched alkanes of at least 4 members (excludes halogenated alkanes) is 4. The average molecular weight is 498 g/mol. The molecule has 0 fully saturated rings. The monoisotopic (exact) mass is 497 g/mol. The van der Waals surface area contributed by atoms with Crippen molar-refractivity contribution in [3.05, 3.63) is 66.0 Å². The van der Waals surface area contributed by atoms with Crippen molar-refractivity contribution in [1.82, 2.24) is 19.9 Å². The molecule has 2 heterocycles. The molecule has 0 spiro atoms. The topological polar surface area (TPSA) is 102 Å². The summed E-state index contributed by atoms with van der Waals surface area (Å²) in [5, 5.41) is 4.14. The molecule has 8 heteroatoms. The third-order valence-electron chi connectivity index (χ3n) is 6.01. The van der Waals surface area contributed by atoms with Crippen LogP contribution in [0.1, 0.15) is 49.2 Å². The van der Waals surface area contributed by atoms with Crippen LogP contribution in [0.15, 0.2) is 48.9 Å². The number of methoxy groups -OCH3 is 1. The van der Waals surface area contributed by atoms with E-state index >= 15 is 0 Å². The molecule has 2 aromatic carbocycles. The van der Waals surface area contributed by atoms with Gasteiger partial charge >= 0.3 is 0 Å². The standard InChI is InChI=1S/C29H31N5O3/c1-3-21-10-9-11-22(16-21)34-29-24-17-27(26(36-2)18-25(24)31-20-32-29)37-15-13-23-19-30-28(33-23)12-7-5-4-6-8-14-35/h1,9-11,14,16-20H,4-8,12-13,15H2,2H3,(H,30,33)(H,31,32,34). The molecule has 0 saturated heterocycles. The van der Waals surface area contributed by atoms with Gasteiger partial charge in [-0.3, -0.25) is 0 Å². The minimum atomic E-state index is 0.454. The molecule has 0 atom stereocenters. The van der Waals surface area contributed by atoms with Crippen molar-refractivity contribution in [1.29, 1.82) is 0 Å². The first kappa shape index (κ1) is 25.7. The highest BCUT2D eigenvalue weighted by Gasteiger charge is 2.13. The van der Waals surface area contributed by atoms with Crippen molar-refractivity contribution in [3.8, 4) is 23.8 Å². The number of carbonyl (C=O) groups is 1. The van der Waals surface area contributed by atoms with E-state index < -0.39 is 0 Å². The summed E-state index contributed by atoms with van der Waals surface area (Å²) < 4.78 is 11.7. The van der Waals surface area contributed by atoms with Crippen LogP contribution >= 0.6 is 0 Å². The van der Waals surface area contributed by atoms with E-state index in [4.69, 9.17) is 15.9 Å². The predicted molar refractivity (Wildman–Crippen MR) is 144 cm³/mol. The fraction of sp³-hybridized carbons (Fsp3) is 0.310. The second kappa shape index (κ2) is 13.1. The molecule has 0 amide bonds. The molecule has 190 valence electrons. The summed E-state index contributed by atoms with van der Waals surface area (Å²) in [6.07, 6.45) is 16.3. The second-order valence-corrected chi connectivity index (χ2v) is 8.67. The Balaban J connectivity index is 1.39. The lowest BCUT2D eigenvalue weighted by molar-refractivity contribution is -0.107. The number of terminal acetylenes is 1. The third kappa shape index (κ3) is 7.07. The van der Waals surface area contributed by atoms with E-state index in [-0.39, 0.29) is 0 Å². The van der Waals surface area contributed by atoms with Crippen molar-refractivity contribution in [2.45, 2.75) is 44.9 Å². The van der Waals surface area contributed by atoms with Crippen molar-refractivity contribution in [2.24, 2.45) is 0 Å². The van der Waals surface area contributed by atoms with E-state index in [1.165, 1.54) is 6.33 Å². The number of fused-ring (bicyclic) bond motifs is 1. The molecule has 2 N–H and O–H groups in total. The molecular weight excluding hydrogens is 466 g/mol. The van der Waals surface area contributed by atoms with Crippen LogP contribution in [-0.4, -0.2) is 39.9 Å². The van der Waals surface area contributed by atoms with Crippen LogP contribution in [0.5, 0.6) is 11.5 Å². The van der Waals surface area contributed by atoms with Crippen LogP contribution < -0.4 is 14.8 Å². The van der Waals surface area contributed by atoms with Gasteiger partial charge in [-0.05, 0) is 37.1 Å². The maximum Gasteiger partial charge on any atom is 0.162 e. The van der Waals surface area contributed by atoms with Crippen LogP contribution in [0.4, 0.5) is 11.5 Å². The van der Waals surface area contributed by atoms with E-state index in [1.54, 1.807) is 7.11 Å². The van der Waals surface area contributed by atoms with Crippen LogP contribution in [0.3, 0.4) is 0 Å². The quantitative estimate of drug-likeness (QED) is 0.137. The third-order valence-corrected chi connectivity index (χ3v) is 6.01. The Morgan fingerprint density at radius 1 is 1.05 bits per heavy atom. The van der Waals surface area contributed by atoms with Gasteiger partial charge in [0, 0.05) is 53.9 Å². The van der Waals surface area contributed by atoms with Gasteiger partial charge in [0.05, 0.1) is 19.2 Å². The van der Waals surface area contributed by atoms with E-state index in [0.29, 0.717) is 36.8 Å². The number of anilines is 2. The Hall–Kier alpha value is -4.38. The Morgan fingerprint density at radius 3 is 2.78 bits per heavy atom. The number of nitrogens with zero attached hydrogens (tertiary/aromatic N) is 3. The van der Waals surface area contributed by atoms with Gasteiger partial charge in [-0.1, -0.05) is 24.8 Å². The molecule has 0 radical (unpaired) electrons. The first-order valence-corrected chi connectivity index (χ1v) is 12.5. The number of aromatic nitrogens is 4. The molecule has 0 saturated carbocycles. The Labute approximate surface area is 216 Å². The van der Waals surface area contributed by atoms with Crippen molar-refractivity contribution in [3.63, 3.8) is 0 Å². The molecule has 0 aliphatic rings. The first-order chi connectivity index (χ1) is 18.2. The minimum Gasteiger partial charge on any atom is -0.493 e. The van der Waals surface area contributed by atoms with Gasteiger partial charge in [0.15, 0.2) is 11.5 Å². The molecule has 0 aliphatic heterocycles. The number of aromatic amines is 1. The molecule has 0 unspecified atom stereocenters. The SMILES string of the molecule is C#Cc1cccc(Nc2ncnc3cc(OC)c(OCCc4cnc(CCCCCCC=O)[nH]4)cc23)c1. The fourth-order valence-corrected chi connectivity index (χ4v) is 4.06. The van der Waals surface area contributed by atoms with Crippen LogP contribution in [0, 0.1) is 12.3 Å². The highest BCUT2D eigenvalue weighted by molar-refractivity contribution is 5.93. The summed E-state index contributed by atoms with van der Waals surface area (Å²) in [6, 6.07) is 11.3. The summed E-state index contributed by atoms with van der Waals surface area (Å²) in [7, 11) is 1.61. The Kier molecular flexibility index (Phi) is 9.08. The molecule has 8 nitrogen and oxygen atoms in total. The molecule has 2 aromatic heterocycles. The summed E-state index contributed by atoms with van der Waals surface area (Å²) >= 11 is 0. The summed E-state index contributed by atoms with van der Waals surface area (Å²) in [5.74, 6) is 5.49. The van der Waals surface area contributed by atoms with E-state index in [1.807, 2.05) is 42.6 Å². The number of ether oxygens (including phenoxy) is 2. The van der Waals surface area contributed by atoms with Gasteiger partial charge in [0.25, 0.3) is 0 Å². The maximum atomic E-state index is 10.4. The van der Waals surface area contributed by atoms with E-state index in [9.17, 15) is 4.79 Å². The molecule has 4 aromatic rings. The summed E-state index contributed by atoms with van der Waals surface area (Å²) in [4.78, 5) is 27.1. The average Bonchev–Trinajstić information content (AvgIpc) is 3.38. The molecule has 37 heavy (non-hydrogen) atoms. The number of H-pyrrole nitrogens is 1. The maximum absolute atomic E-state index is 10.4. The zero-order chi connectivity index (χ0) is 25.9.